The van der Waals surface area contributed by atoms with Crippen LogP contribution in [0.3, 0.4) is 0 Å². The lowest BCUT2D eigenvalue weighted by Crippen LogP contribution is -2.35. The van der Waals surface area contributed by atoms with Gasteiger partial charge in [0.2, 0.25) is 10.0 Å². The van der Waals surface area contributed by atoms with Gasteiger partial charge in [-0.2, -0.15) is 0 Å². The molecule has 6 heteroatoms. The second kappa shape index (κ2) is 8.02. The summed E-state index contributed by atoms with van der Waals surface area (Å²) in [7, 11) is -2.13. The van der Waals surface area contributed by atoms with Crippen LogP contribution in [0.4, 0.5) is 0 Å². The molecular formula is C14H19NO4S. The number of hydrogen-bond acceptors (Lipinski definition) is 4. The van der Waals surface area contributed by atoms with E-state index in [1.807, 2.05) is 0 Å². The van der Waals surface area contributed by atoms with Gasteiger partial charge in [0.1, 0.15) is 0 Å². The van der Waals surface area contributed by atoms with Gasteiger partial charge in [-0.05, 0) is 19.1 Å². The summed E-state index contributed by atoms with van der Waals surface area (Å²) >= 11 is 0. The summed E-state index contributed by atoms with van der Waals surface area (Å²) in [4.78, 5) is 0.133. The molecule has 0 spiro atoms. The average molecular weight is 297 g/mol. The van der Waals surface area contributed by atoms with Crippen LogP contribution in [0.1, 0.15) is 18.9 Å². The lowest BCUT2D eigenvalue weighted by molar-refractivity contribution is 0.180. The molecule has 1 aromatic carbocycles. The number of hydrogen-bond donors (Lipinski definition) is 2. The number of aliphatic hydroxyl groups excluding tert-OH is 1. The SMILES string of the molecule is COCC(C)NS(=O)(=O)c1ccccc1C#CCCO. The topological polar surface area (TPSA) is 75.6 Å². The van der Waals surface area contributed by atoms with E-state index in [4.69, 9.17) is 9.84 Å². The van der Waals surface area contributed by atoms with E-state index in [1.165, 1.54) is 13.2 Å². The smallest absolute Gasteiger partial charge is 0.242 e. The number of methoxy groups -OCH3 is 1. The molecule has 2 N–H and O–H groups in total. The van der Waals surface area contributed by atoms with Crippen LogP contribution < -0.4 is 4.72 Å². The molecule has 0 saturated carbocycles. The first-order valence-corrected chi connectivity index (χ1v) is 7.69. The molecule has 1 rings (SSSR count). The summed E-state index contributed by atoms with van der Waals surface area (Å²) in [5.41, 5.74) is 0.415. The van der Waals surface area contributed by atoms with Crippen LogP contribution in [0.15, 0.2) is 29.2 Å². The van der Waals surface area contributed by atoms with Crippen LogP contribution in [0.2, 0.25) is 0 Å². The summed E-state index contributed by atoms with van der Waals surface area (Å²) in [6.07, 6.45) is 0.307. The lowest BCUT2D eigenvalue weighted by Gasteiger charge is -2.14. The third kappa shape index (κ3) is 4.94. The van der Waals surface area contributed by atoms with Gasteiger partial charge in [0.25, 0.3) is 0 Å². The molecule has 1 atom stereocenters. The third-order valence-corrected chi connectivity index (χ3v) is 4.06. The highest BCUT2D eigenvalue weighted by atomic mass is 32.2. The van der Waals surface area contributed by atoms with Crippen molar-refractivity contribution in [2.45, 2.75) is 24.3 Å². The predicted molar refractivity (Wildman–Crippen MR) is 76.7 cm³/mol. The molecule has 5 nitrogen and oxygen atoms in total. The first kappa shape index (κ1) is 16.7. The molecule has 110 valence electrons. The fraction of sp³-hybridized carbons (Fsp3) is 0.429. The lowest BCUT2D eigenvalue weighted by atomic mass is 10.2. The van der Waals surface area contributed by atoms with Gasteiger partial charge in [-0.15, -0.1) is 0 Å². The molecule has 0 heterocycles. The number of rotatable bonds is 6. The van der Waals surface area contributed by atoms with Gasteiger partial charge < -0.3 is 9.84 Å². The van der Waals surface area contributed by atoms with Crippen molar-refractivity contribution in [1.82, 2.24) is 4.72 Å². The Bertz CT molecular complexity index is 587. The maximum absolute atomic E-state index is 12.3. The summed E-state index contributed by atoms with van der Waals surface area (Å²) in [5.74, 6) is 5.49. The Morgan fingerprint density at radius 1 is 1.40 bits per heavy atom. The second-order valence-electron chi connectivity index (χ2n) is 4.25. The quantitative estimate of drug-likeness (QED) is 0.759. The summed E-state index contributed by atoms with van der Waals surface area (Å²) in [5, 5.41) is 8.70. The Kier molecular flexibility index (Phi) is 6.68. The van der Waals surface area contributed by atoms with Crippen LogP contribution in [0.25, 0.3) is 0 Å². The molecule has 1 aromatic rings. The third-order valence-electron chi connectivity index (χ3n) is 2.41. The maximum atomic E-state index is 12.3. The fourth-order valence-electron chi connectivity index (χ4n) is 1.63. The van der Waals surface area contributed by atoms with Crippen molar-refractivity contribution in [2.24, 2.45) is 0 Å². The molecule has 0 saturated heterocycles. The van der Waals surface area contributed by atoms with Gasteiger partial charge in [0.05, 0.1) is 18.1 Å². The Balaban J connectivity index is 3.04. The molecule has 0 fully saturated rings. The molecule has 0 aliphatic rings. The number of benzene rings is 1. The zero-order chi connectivity index (χ0) is 15.0. The molecule has 20 heavy (non-hydrogen) atoms. The molecule has 0 aliphatic heterocycles. The van der Waals surface area contributed by atoms with E-state index >= 15 is 0 Å². The van der Waals surface area contributed by atoms with Crippen molar-refractivity contribution in [3.8, 4) is 11.8 Å². The molecule has 1 unspecified atom stereocenters. The van der Waals surface area contributed by atoms with Gasteiger partial charge in [0.15, 0.2) is 0 Å². The van der Waals surface area contributed by atoms with Crippen molar-refractivity contribution in [3.63, 3.8) is 0 Å². The molecule has 0 bridgehead atoms. The number of nitrogens with one attached hydrogen (secondary N) is 1. The van der Waals surface area contributed by atoms with Gasteiger partial charge in [-0.1, -0.05) is 24.0 Å². The highest BCUT2D eigenvalue weighted by molar-refractivity contribution is 7.89. The van der Waals surface area contributed by atoms with Gasteiger partial charge in [-0.3, -0.25) is 0 Å². The zero-order valence-electron chi connectivity index (χ0n) is 11.6. The Hall–Kier alpha value is -1.39. The number of aliphatic hydroxyl groups is 1. The second-order valence-corrected chi connectivity index (χ2v) is 5.93. The van der Waals surface area contributed by atoms with Crippen LogP contribution >= 0.6 is 0 Å². The molecule has 0 aromatic heterocycles. The largest absolute Gasteiger partial charge is 0.395 e. The standard InChI is InChI=1S/C14H19NO4S/c1-12(11-19-2)15-20(17,18)14-9-4-3-7-13(14)8-5-6-10-16/h3-4,7,9,12,15-16H,6,10-11H2,1-2H3. The monoisotopic (exact) mass is 297 g/mol. The Morgan fingerprint density at radius 3 is 2.75 bits per heavy atom. The van der Waals surface area contributed by atoms with E-state index in [0.29, 0.717) is 12.0 Å². The molecular weight excluding hydrogens is 278 g/mol. The van der Waals surface area contributed by atoms with Crippen LogP contribution in [0, 0.1) is 11.8 Å². The van der Waals surface area contributed by atoms with Crippen LogP contribution in [-0.2, 0) is 14.8 Å². The average Bonchev–Trinajstić information content (AvgIpc) is 2.39. The summed E-state index contributed by atoms with van der Waals surface area (Å²) < 4.78 is 32.0. The van der Waals surface area contributed by atoms with E-state index in [0.717, 1.165) is 0 Å². The number of ether oxygens (including phenoxy) is 1. The Morgan fingerprint density at radius 2 is 2.10 bits per heavy atom. The first-order valence-electron chi connectivity index (χ1n) is 6.21. The highest BCUT2D eigenvalue weighted by Crippen LogP contribution is 2.14. The Labute approximate surface area is 120 Å². The molecule has 0 aliphatic carbocycles. The fourth-order valence-corrected chi connectivity index (χ4v) is 3.02. The van der Waals surface area contributed by atoms with E-state index in [1.54, 1.807) is 25.1 Å². The highest BCUT2D eigenvalue weighted by Gasteiger charge is 2.19. The van der Waals surface area contributed by atoms with Gasteiger partial charge >= 0.3 is 0 Å². The summed E-state index contributed by atoms with van der Waals surface area (Å²) in [6, 6.07) is 6.18. The first-order chi connectivity index (χ1) is 9.51. The van der Waals surface area contributed by atoms with E-state index in [9.17, 15) is 8.42 Å². The zero-order valence-corrected chi connectivity index (χ0v) is 12.4. The van der Waals surface area contributed by atoms with Crippen LogP contribution in [-0.4, -0.2) is 39.9 Å². The van der Waals surface area contributed by atoms with Crippen molar-refractivity contribution >= 4 is 10.0 Å². The van der Waals surface area contributed by atoms with Gasteiger partial charge in [0, 0.05) is 25.1 Å². The minimum absolute atomic E-state index is 0.0506. The van der Waals surface area contributed by atoms with Crippen LogP contribution in [0.5, 0.6) is 0 Å². The molecule has 0 amide bonds. The van der Waals surface area contributed by atoms with E-state index < -0.39 is 10.0 Å². The number of sulfonamides is 1. The van der Waals surface area contributed by atoms with Crippen molar-refractivity contribution in [2.75, 3.05) is 20.3 Å². The normalized spacial score (nSPS) is 12.6. The molecule has 0 radical (unpaired) electrons. The predicted octanol–water partition coefficient (Wildman–Crippen LogP) is 0.734. The van der Waals surface area contributed by atoms with E-state index in [2.05, 4.69) is 16.6 Å². The minimum atomic E-state index is -3.64. The summed E-state index contributed by atoms with van der Waals surface area (Å²) in [6.45, 7) is 1.96. The van der Waals surface area contributed by atoms with Crippen molar-refractivity contribution in [1.29, 1.82) is 0 Å². The minimum Gasteiger partial charge on any atom is -0.395 e. The maximum Gasteiger partial charge on any atom is 0.242 e. The van der Waals surface area contributed by atoms with E-state index in [-0.39, 0.29) is 24.2 Å². The van der Waals surface area contributed by atoms with Gasteiger partial charge in [-0.25, -0.2) is 13.1 Å². The van der Waals surface area contributed by atoms with Crippen molar-refractivity contribution < 1.29 is 18.3 Å². The van der Waals surface area contributed by atoms with Crippen molar-refractivity contribution in [3.05, 3.63) is 29.8 Å².